The summed E-state index contributed by atoms with van der Waals surface area (Å²) in [5.74, 6) is -0.453. The Hall–Kier alpha value is -4.78. The van der Waals surface area contributed by atoms with E-state index in [1.807, 2.05) is 43.3 Å². The first-order valence-electron chi connectivity index (χ1n) is 11.4. The summed E-state index contributed by atoms with van der Waals surface area (Å²) in [5.41, 5.74) is 2.90. The second kappa shape index (κ2) is 12.3. The molecule has 37 heavy (non-hydrogen) atoms. The predicted molar refractivity (Wildman–Crippen MR) is 146 cm³/mol. The Balaban J connectivity index is 1.94. The minimum absolute atomic E-state index is 0.0149. The lowest BCUT2D eigenvalue weighted by Crippen LogP contribution is -2.09. The minimum atomic E-state index is -0.485. The Labute approximate surface area is 216 Å². The van der Waals surface area contributed by atoms with Crippen LogP contribution in [0.25, 0.3) is 18.2 Å². The smallest absolute Gasteiger partial charge is 0.189 e. The zero-order valence-electron chi connectivity index (χ0n) is 21.1. The maximum atomic E-state index is 13.2. The van der Waals surface area contributed by atoms with E-state index in [1.165, 1.54) is 38.5 Å². The third kappa shape index (κ3) is 7.11. The number of ketones is 2. The molecule has 0 heterocycles. The molecule has 0 bridgehead atoms. The summed E-state index contributed by atoms with van der Waals surface area (Å²) in [5, 5.41) is 19.6. The number of hydrogen-bond acceptors (Lipinski definition) is 7. The van der Waals surface area contributed by atoms with Gasteiger partial charge in [-0.1, -0.05) is 36.4 Å². The van der Waals surface area contributed by atoms with Crippen molar-refractivity contribution in [1.29, 1.82) is 0 Å². The number of hydrogen-bond donors (Lipinski definition) is 2. The van der Waals surface area contributed by atoms with Gasteiger partial charge in [-0.3, -0.25) is 9.59 Å². The largest absolute Gasteiger partial charge is 0.504 e. The number of allylic oxidation sites excluding steroid dienone is 3. The van der Waals surface area contributed by atoms with Gasteiger partial charge in [-0.15, -0.1) is 0 Å². The Bertz CT molecular complexity index is 1290. The van der Waals surface area contributed by atoms with Crippen molar-refractivity contribution < 1.29 is 29.3 Å². The summed E-state index contributed by atoms with van der Waals surface area (Å²) < 4.78 is 10.2. The zero-order chi connectivity index (χ0) is 26.9. The van der Waals surface area contributed by atoms with Crippen molar-refractivity contribution in [3.8, 4) is 23.0 Å². The van der Waals surface area contributed by atoms with E-state index < -0.39 is 11.6 Å². The van der Waals surface area contributed by atoms with E-state index in [4.69, 9.17) is 9.47 Å². The molecule has 0 aromatic heterocycles. The van der Waals surface area contributed by atoms with Crippen molar-refractivity contribution in [2.75, 3.05) is 33.2 Å². The molecule has 0 saturated heterocycles. The SMILES string of the molecule is COc1cc(/C=C/C(=O)C(=Cc2ccc(N(C)C)cc2)C(=O)/C=C/c2ccc(O)c(OC)c2)ccc1O. The van der Waals surface area contributed by atoms with Gasteiger partial charge in [0.2, 0.25) is 0 Å². The molecule has 0 saturated carbocycles. The third-order valence-electron chi connectivity index (χ3n) is 5.51. The van der Waals surface area contributed by atoms with E-state index >= 15 is 0 Å². The molecule has 0 fully saturated rings. The van der Waals surface area contributed by atoms with Gasteiger partial charge in [-0.05, 0) is 71.3 Å². The van der Waals surface area contributed by atoms with Crippen LogP contribution in [0.15, 0.2) is 78.4 Å². The molecule has 0 unspecified atom stereocenters. The Morgan fingerprint density at radius 3 is 1.54 bits per heavy atom. The fourth-order valence-electron chi connectivity index (χ4n) is 3.42. The first-order chi connectivity index (χ1) is 17.7. The van der Waals surface area contributed by atoms with Crippen molar-refractivity contribution >= 4 is 35.5 Å². The van der Waals surface area contributed by atoms with Gasteiger partial charge >= 0.3 is 0 Å². The molecular weight excluding hydrogens is 470 g/mol. The lowest BCUT2D eigenvalue weighted by molar-refractivity contribution is -0.116. The summed E-state index contributed by atoms with van der Waals surface area (Å²) >= 11 is 0. The summed E-state index contributed by atoms with van der Waals surface area (Å²) in [6.07, 6.45) is 7.26. The summed E-state index contributed by atoms with van der Waals surface area (Å²) in [4.78, 5) is 28.3. The van der Waals surface area contributed by atoms with Crippen LogP contribution in [0.1, 0.15) is 16.7 Å². The van der Waals surface area contributed by atoms with Crippen LogP contribution in [-0.4, -0.2) is 50.1 Å². The summed E-state index contributed by atoms with van der Waals surface area (Å²) in [6, 6.07) is 16.8. The van der Waals surface area contributed by atoms with Crippen LogP contribution in [0, 0.1) is 0 Å². The first kappa shape index (κ1) is 26.8. The number of ether oxygens (including phenoxy) is 2. The number of phenols is 2. The number of benzene rings is 3. The first-order valence-corrected chi connectivity index (χ1v) is 11.4. The van der Waals surface area contributed by atoms with Crippen molar-refractivity contribution in [1.82, 2.24) is 0 Å². The monoisotopic (exact) mass is 499 g/mol. The fraction of sp³-hybridized carbons (Fsp3) is 0.133. The van der Waals surface area contributed by atoms with E-state index in [2.05, 4.69) is 0 Å². The molecule has 3 rings (SSSR count). The van der Waals surface area contributed by atoms with Crippen molar-refractivity contribution in [3.05, 3.63) is 95.1 Å². The highest BCUT2D eigenvalue weighted by Crippen LogP contribution is 2.28. The number of aromatic hydroxyl groups is 2. The van der Waals surface area contributed by atoms with Crippen LogP contribution < -0.4 is 14.4 Å². The van der Waals surface area contributed by atoms with E-state index in [0.717, 1.165) is 5.69 Å². The van der Waals surface area contributed by atoms with Crippen LogP contribution in [0.4, 0.5) is 5.69 Å². The molecule has 0 atom stereocenters. The molecule has 0 aliphatic rings. The maximum Gasteiger partial charge on any atom is 0.189 e. The number of nitrogens with zero attached hydrogens (tertiary/aromatic N) is 1. The highest BCUT2D eigenvalue weighted by Gasteiger charge is 2.14. The standard InChI is InChI=1S/C30H29NO6/c1-31(2)23-11-5-20(6-12-23)17-24(25(32)13-7-21-9-15-27(34)29(18-21)36-3)26(33)14-8-22-10-16-28(35)30(19-22)37-4/h5-19,34-35H,1-4H3/b13-7+,14-8+. The van der Waals surface area contributed by atoms with Gasteiger partial charge in [0.25, 0.3) is 0 Å². The molecule has 0 aliphatic heterocycles. The Kier molecular flexibility index (Phi) is 8.89. The minimum Gasteiger partial charge on any atom is -0.504 e. The Morgan fingerprint density at radius 2 is 1.14 bits per heavy atom. The molecule has 7 nitrogen and oxygen atoms in total. The molecular formula is C30H29NO6. The van der Waals surface area contributed by atoms with Crippen molar-refractivity contribution in [2.45, 2.75) is 0 Å². The summed E-state index contributed by atoms with van der Waals surface area (Å²) in [6.45, 7) is 0. The van der Waals surface area contributed by atoms with Crippen LogP contribution in [0.2, 0.25) is 0 Å². The number of rotatable bonds is 10. The zero-order valence-corrected chi connectivity index (χ0v) is 21.1. The highest BCUT2D eigenvalue weighted by atomic mass is 16.5. The Morgan fingerprint density at radius 1 is 0.703 bits per heavy atom. The van der Waals surface area contributed by atoms with Gasteiger partial charge in [0.05, 0.1) is 19.8 Å². The maximum absolute atomic E-state index is 13.2. The third-order valence-corrected chi connectivity index (χ3v) is 5.51. The van der Waals surface area contributed by atoms with E-state index in [1.54, 1.807) is 42.5 Å². The normalized spacial score (nSPS) is 10.9. The van der Waals surface area contributed by atoms with Gasteiger partial charge < -0.3 is 24.6 Å². The molecule has 0 spiro atoms. The lowest BCUT2D eigenvalue weighted by Gasteiger charge is -2.12. The van der Waals surface area contributed by atoms with Crippen LogP contribution in [0.5, 0.6) is 23.0 Å². The number of methoxy groups -OCH3 is 2. The molecule has 0 radical (unpaired) electrons. The predicted octanol–water partition coefficient (Wildman–Crippen LogP) is 5.13. The van der Waals surface area contributed by atoms with Crippen molar-refractivity contribution in [3.63, 3.8) is 0 Å². The average Bonchev–Trinajstić information content (AvgIpc) is 2.90. The lowest BCUT2D eigenvalue weighted by atomic mass is 10.0. The van der Waals surface area contributed by atoms with Gasteiger partial charge in [0, 0.05) is 19.8 Å². The molecule has 2 N–H and O–H groups in total. The number of carbonyl (C=O) groups is 2. The van der Waals surface area contributed by atoms with Gasteiger partial charge in [0.15, 0.2) is 34.6 Å². The molecule has 3 aromatic carbocycles. The fourth-order valence-corrected chi connectivity index (χ4v) is 3.42. The topological polar surface area (TPSA) is 96.3 Å². The second-order valence-corrected chi connectivity index (χ2v) is 8.30. The molecule has 0 aliphatic carbocycles. The summed E-state index contributed by atoms with van der Waals surface area (Å²) in [7, 11) is 6.72. The molecule has 3 aromatic rings. The van der Waals surface area contributed by atoms with Crippen LogP contribution >= 0.6 is 0 Å². The quantitative estimate of drug-likeness (QED) is 0.227. The van der Waals surface area contributed by atoms with Gasteiger partial charge in [-0.2, -0.15) is 0 Å². The number of phenolic OH excluding ortho intramolecular Hbond substituents is 2. The van der Waals surface area contributed by atoms with Crippen molar-refractivity contribution in [2.24, 2.45) is 0 Å². The molecule has 190 valence electrons. The highest BCUT2D eigenvalue weighted by molar-refractivity contribution is 6.31. The van der Waals surface area contributed by atoms with Crippen LogP contribution in [-0.2, 0) is 9.59 Å². The second-order valence-electron chi connectivity index (χ2n) is 8.30. The number of carbonyl (C=O) groups excluding carboxylic acids is 2. The van der Waals surface area contributed by atoms with E-state index in [0.29, 0.717) is 16.7 Å². The van der Waals surface area contributed by atoms with Gasteiger partial charge in [-0.25, -0.2) is 0 Å². The molecule has 0 amide bonds. The number of anilines is 1. The van der Waals surface area contributed by atoms with Crippen LogP contribution in [0.3, 0.4) is 0 Å². The van der Waals surface area contributed by atoms with E-state index in [9.17, 15) is 19.8 Å². The molecule has 7 heteroatoms. The van der Waals surface area contributed by atoms with Gasteiger partial charge in [0.1, 0.15) is 0 Å². The average molecular weight is 500 g/mol. The van der Waals surface area contributed by atoms with E-state index in [-0.39, 0.29) is 28.6 Å².